The van der Waals surface area contributed by atoms with Gasteiger partial charge in [-0.3, -0.25) is 4.79 Å². The summed E-state index contributed by atoms with van der Waals surface area (Å²) in [5.74, 6) is -5.57. The molecule has 1 aliphatic carbocycles. The van der Waals surface area contributed by atoms with Gasteiger partial charge in [-0.15, -0.1) is 0 Å². The van der Waals surface area contributed by atoms with Crippen LogP contribution >= 0.6 is 11.6 Å². The normalized spacial score (nSPS) is 17.0. The quantitative estimate of drug-likeness (QED) is 0.306. The number of halogens is 5. The van der Waals surface area contributed by atoms with E-state index in [1.807, 2.05) is 20.8 Å². The summed E-state index contributed by atoms with van der Waals surface area (Å²) in [7, 11) is 1.12. The van der Waals surface area contributed by atoms with Crippen molar-refractivity contribution in [2.24, 2.45) is 11.3 Å². The molecule has 0 bridgehead atoms. The predicted molar refractivity (Wildman–Crippen MR) is 101 cm³/mol. The fraction of sp³-hybridized carbons (Fsp3) is 0.550. The van der Waals surface area contributed by atoms with Gasteiger partial charge in [-0.1, -0.05) is 45.4 Å². The van der Waals surface area contributed by atoms with Crippen LogP contribution in [0.25, 0.3) is 0 Å². The first kappa shape index (κ1) is 26.4. The summed E-state index contributed by atoms with van der Waals surface area (Å²) in [6.45, 7) is 8.90. The lowest BCUT2D eigenvalue weighted by Gasteiger charge is -2.10. The Hall–Kier alpha value is -1.60. The van der Waals surface area contributed by atoms with Crippen molar-refractivity contribution in [3.8, 4) is 0 Å². The Labute approximate surface area is 168 Å². The van der Waals surface area contributed by atoms with Crippen LogP contribution in [0.1, 0.15) is 52.2 Å². The van der Waals surface area contributed by atoms with Crippen molar-refractivity contribution in [1.29, 1.82) is 0 Å². The Balaban J connectivity index is 0.000000556. The maximum Gasteiger partial charge on any atom is 0.293 e. The highest BCUT2D eigenvalue weighted by atomic mass is 35.5. The van der Waals surface area contributed by atoms with Crippen LogP contribution in [-0.2, 0) is 27.5 Å². The van der Waals surface area contributed by atoms with Crippen LogP contribution in [0.3, 0.4) is 0 Å². The van der Waals surface area contributed by atoms with Gasteiger partial charge in [-0.2, -0.15) is 0 Å². The van der Waals surface area contributed by atoms with E-state index in [-0.39, 0.29) is 6.47 Å². The van der Waals surface area contributed by atoms with E-state index in [0.29, 0.717) is 5.41 Å². The van der Waals surface area contributed by atoms with Gasteiger partial charge < -0.3 is 9.47 Å². The minimum Gasteiger partial charge on any atom is -0.463 e. The number of ether oxygens (including phenoxy) is 2. The third kappa shape index (κ3) is 7.43. The lowest BCUT2D eigenvalue weighted by atomic mass is 10.1. The second-order valence-corrected chi connectivity index (χ2v) is 7.20. The lowest BCUT2D eigenvalue weighted by Crippen LogP contribution is -2.10. The van der Waals surface area contributed by atoms with Gasteiger partial charge in [0.15, 0.2) is 23.3 Å². The highest BCUT2D eigenvalue weighted by Gasteiger charge is 2.43. The second kappa shape index (κ2) is 12.1. The molecule has 0 radical (unpaired) electrons. The highest BCUT2D eigenvalue weighted by molar-refractivity contribution is 6.29. The van der Waals surface area contributed by atoms with E-state index in [9.17, 15) is 22.4 Å². The zero-order valence-corrected chi connectivity index (χ0v) is 17.7. The average Bonchev–Trinajstić information content (AvgIpc) is 3.24. The number of methoxy groups -OCH3 is 1. The fourth-order valence-electron chi connectivity index (χ4n) is 2.31. The van der Waals surface area contributed by atoms with Crippen molar-refractivity contribution in [3.05, 3.63) is 45.5 Å². The minimum absolute atomic E-state index is 0.0856. The van der Waals surface area contributed by atoms with E-state index >= 15 is 0 Å². The molecule has 0 spiro atoms. The molecule has 1 unspecified atom stereocenters. The van der Waals surface area contributed by atoms with E-state index < -0.39 is 47.6 Å². The molecule has 2 rings (SSSR count). The van der Waals surface area contributed by atoms with Crippen molar-refractivity contribution in [2.45, 2.75) is 54.3 Å². The summed E-state index contributed by atoms with van der Waals surface area (Å²) in [5.41, 5.74) is -1.29. The van der Waals surface area contributed by atoms with Gasteiger partial charge in [0.1, 0.15) is 6.61 Å². The minimum atomic E-state index is -1.60. The molecule has 0 amide bonds. The monoisotopic (exact) mass is 426 g/mol. The van der Waals surface area contributed by atoms with Gasteiger partial charge in [0.25, 0.3) is 6.47 Å². The summed E-state index contributed by atoms with van der Waals surface area (Å²) in [6, 6.07) is 0. The first-order valence-electron chi connectivity index (χ1n) is 8.78. The van der Waals surface area contributed by atoms with Crippen LogP contribution in [0.5, 0.6) is 0 Å². The molecule has 0 aromatic heterocycles. The van der Waals surface area contributed by atoms with Gasteiger partial charge in [-0.05, 0) is 24.7 Å². The smallest absolute Gasteiger partial charge is 0.293 e. The predicted octanol–water partition coefficient (Wildman–Crippen LogP) is 6.26. The number of benzene rings is 1. The fourth-order valence-corrected chi connectivity index (χ4v) is 2.46. The topological polar surface area (TPSA) is 35.5 Å². The molecular weight excluding hydrogens is 400 g/mol. The van der Waals surface area contributed by atoms with Crippen molar-refractivity contribution in [1.82, 2.24) is 0 Å². The summed E-state index contributed by atoms with van der Waals surface area (Å²) in [4.78, 5) is 9.87. The summed E-state index contributed by atoms with van der Waals surface area (Å²) < 4.78 is 61.7. The van der Waals surface area contributed by atoms with Crippen molar-refractivity contribution in [2.75, 3.05) is 7.11 Å². The molecule has 1 aliphatic rings. The molecule has 1 aromatic carbocycles. The molecule has 0 N–H and O–H groups in total. The molecule has 0 saturated heterocycles. The van der Waals surface area contributed by atoms with Crippen molar-refractivity contribution < 1.29 is 31.8 Å². The zero-order chi connectivity index (χ0) is 22.1. The number of carbonyl (C=O) groups excluding carboxylic acids is 1. The first-order valence-corrected chi connectivity index (χ1v) is 9.16. The summed E-state index contributed by atoms with van der Waals surface area (Å²) in [6.07, 6.45) is 3.46. The molecular formula is C20H27ClF4O3. The Kier molecular flexibility index (Phi) is 11.4. The summed E-state index contributed by atoms with van der Waals surface area (Å²) in [5, 5.41) is 0.936. The molecule has 1 fully saturated rings. The SMILES string of the molecule is C/C(Cl)=C\C1CC1(C)C.CC.COCc1c(F)c(F)c(COC=O)c(F)c1F. The Morgan fingerprint density at radius 3 is 1.71 bits per heavy atom. The number of hydrogen-bond acceptors (Lipinski definition) is 3. The third-order valence-electron chi connectivity index (χ3n) is 4.05. The number of carbonyl (C=O) groups is 1. The van der Waals surface area contributed by atoms with Gasteiger partial charge in [0.2, 0.25) is 0 Å². The Bertz CT molecular complexity index is 658. The molecule has 28 heavy (non-hydrogen) atoms. The number of allylic oxidation sites excluding steroid dienone is 2. The maximum atomic E-state index is 13.3. The largest absolute Gasteiger partial charge is 0.463 e. The molecule has 3 nitrogen and oxygen atoms in total. The van der Waals surface area contributed by atoms with Crippen LogP contribution in [0.2, 0.25) is 0 Å². The maximum absolute atomic E-state index is 13.3. The third-order valence-corrected chi connectivity index (χ3v) is 4.18. The molecule has 8 heteroatoms. The van der Waals surface area contributed by atoms with Crippen molar-refractivity contribution >= 4 is 18.1 Å². The van der Waals surface area contributed by atoms with Gasteiger partial charge in [-0.25, -0.2) is 17.6 Å². The molecule has 1 atom stereocenters. The van der Waals surface area contributed by atoms with E-state index in [0.717, 1.165) is 18.1 Å². The molecule has 0 heterocycles. The molecule has 1 saturated carbocycles. The van der Waals surface area contributed by atoms with Crippen molar-refractivity contribution in [3.63, 3.8) is 0 Å². The number of hydrogen-bond donors (Lipinski definition) is 0. The first-order chi connectivity index (χ1) is 13.1. The van der Waals surface area contributed by atoms with Crippen LogP contribution in [0.15, 0.2) is 11.1 Å². The van der Waals surface area contributed by atoms with Gasteiger partial charge in [0.05, 0.1) is 17.7 Å². The Morgan fingerprint density at radius 2 is 1.46 bits per heavy atom. The Morgan fingerprint density at radius 1 is 1.07 bits per heavy atom. The van der Waals surface area contributed by atoms with Crippen LogP contribution in [-0.4, -0.2) is 13.6 Å². The van der Waals surface area contributed by atoms with Crippen LogP contribution < -0.4 is 0 Å². The lowest BCUT2D eigenvalue weighted by molar-refractivity contribution is -0.129. The van der Waals surface area contributed by atoms with Crippen LogP contribution in [0, 0.1) is 34.6 Å². The number of rotatable bonds is 6. The standard InChI is InChI=1S/C10H8F4O3.C8H13Cl.C2H6/c1-16-2-5-7(11)9(13)6(3-17-4-15)10(14)8(5)12;1-6(9)4-7-5-8(7,2)3;1-2/h4H,2-3H2,1H3;4,7H,5H2,1-3H3;1-2H3/b;6-4+;. The molecule has 0 aliphatic heterocycles. The van der Waals surface area contributed by atoms with E-state index in [4.69, 9.17) is 11.6 Å². The van der Waals surface area contributed by atoms with Gasteiger partial charge >= 0.3 is 0 Å². The summed E-state index contributed by atoms with van der Waals surface area (Å²) >= 11 is 5.70. The zero-order valence-electron chi connectivity index (χ0n) is 17.0. The van der Waals surface area contributed by atoms with E-state index in [2.05, 4.69) is 29.4 Å². The molecule has 1 aromatic rings. The van der Waals surface area contributed by atoms with Gasteiger partial charge in [0, 0.05) is 12.1 Å². The second-order valence-electron chi connectivity index (χ2n) is 6.61. The highest BCUT2D eigenvalue weighted by Crippen LogP contribution is 2.52. The van der Waals surface area contributed by atoms with Crippen LogP contribution in [0.4, 0.5) is 17.6 Å². The van der Waals surface area contributed by atoms with E-state index in [1.54, 1.807) is 0 Å². The average molecular weight is 427 g/mol. The molecule has 160 valence electrons. The van der Waals surface area contributed by atoms with E-state index in [1.165, 1.54) is 6.42 Å².